The molecule has 2 amide bonds. The quantitative estimate of drug-likeness (QED) is 0.703. The Morgan fingerprint density at radius 1 is 1.50 bits per heavy atom. The molecule has 0 aromatic carbocycles. The zero-order valence-electron chi connectivity index (χ0n) is 11.3. The monoisotopic (exact) mass is 277 g/mol. The molecule has 1 atom stereocenters. The third kappa shape index (κ3) is 2.53. The van der Waals surface area contributed by atoms with E-state index in [1.807, 2.05) is 0 Å². The first kappa shape index (κ1) is 13.1. The summed E-state index contributed by atoms with van der Waals surface area (Å²) in [5.41, 5.74) is 5.93. The lowest BCUT2D eigenvalue weighted by Crippen LogP contribution is -2.31. The first-order valence-electron chi connectivity index (χ1n) is 6.91. The van der Waals surface area contributed by atoms with Gasteiger partial charge in [0.25, 0.3) is 0 Å². The normalized spacial score (nSPS) is 23.5. The van der Waals surface area contributed by atoms with Crippen LogP contribution in [0.2, 0.25) is 0 Å². The van der Waals surface area contributed by atoms with Gasteiger partial charge in [-0.3, -0.25) is 14.3 Å². The van der Waals surface area contributed by atoms with Crippen LogP contribution in [0.15, 0.2) is 12.4 Å². The summed E-state index contributed by atoms with van der Waals surface area (Å²) in [5, 5.41) is 10.2. The van der Waals surface area contributed by atoms with Gasteiger partial charge in [0.1, 0.15) is 6.54 Å². The lowest BCUT2D eigenvalue weighted by Gasteiger charge is -2.23. The Morgan fingerprint density at radius 2 is 2.25 bits per heavy atom. The summed E-state index contributed by atoms with van der Waals surface area (Å²) in [6.07, 6.45) is 6.30. The molecule has 7 nitrogen and oxygen atoms in total. The van der Waals surface area contributed by atoms with Crippen LogP contribution in [0.25, 0.3) is 0 Å². The summed E-state index contributed by atoms with van der Waals surface area (Å²) >= 11 is 0. The third-order valence-electron chi connectivity index (χ3n) is 4.32. The number of hydrogen-bond acceptors (Lipinski definition) is 4. The van der Waals surface area contributed by atoms with E-state index in [0.717, 1.165) is 32.4 Å². The number of nitrogens with one attached hydrogen (secondary N) is 2. The summed E-state index contributed by atoms with van der Waals surface area (Å²) in [5.74, 6) is -0.281. The summed E-state index contributed by atoms with van der Waals surface area (Å²) < 4.78 is 1.42. The molecule has 3 rings (SSSR count). The molecule has 2 aliphatic rings. The van der Waals surface area contributed by atoms with Gasteiger partial charge in [-0.15, -0.1) is 0 Å². The number of carbonyl (C=O) groups excluding carboxylic acids is 2. The Bertz CT molecular complexity index is 533. The van der Waals surface area contributed by atoms with Gasteiger partial charge < -0.3 is 16.4 Å². The molecule has 0 bridgehead atoms. The van der Waals surface area contributed by atoms with E-state index in [9.17, 15) is 9.59 Å². The van der Waals surface area contributed by atoms with Crippen molar-refractivity contribution in [3.8, 4) is 0 Å². The van der Waals surface area contributed by atoms with Crippen molar-refractivity contribution in [2.75, 3.05) is 18.4 Å². The number of anilines is 1. The topological polar surface area (TPSA) is 102 Å². The maximum absolute atomic E-state index is 12.2. The van der Waals surface area contributed by atoms with Crippen molar-refractivity contribution >= 4 is 17.5 Å². The first-order chi connectivity index (χ1) is 9.59. The van der Waals surface area contributed by atoms with E-state index in [-0.39, 0.29) is 23.8 Å². The molecule has 1 aliphatic carbocycles. The van der Waals surface area contributed by atoms with Crippen molar-refractivity contribution in [2.24, 2.45) is 17.1 Å². The molecule has 0 radical (unpaired) electrons. The van der Waals surface area contributed by atoms with E-state index < -0.39 is 5.91 Å². The van der Waals surface area contributed by atoms with Gasteiger partial charge in [0.05, 0.1) is 11.9 Å². The number of aromatic nitrogens is 2. The fraction of sp³-hybridized carbons (Fsp3) is 0.615. The van der Waals surface area contributed by atoms with Gasteiger partial charge in [-0.2, -0.15) is 5.10 Å². The van der Waals surface area contributed by atoms with Gasteiger partial charge in [-0.05, 0) is 37.8 Å². The van der Waals surface area contributed by atoms with Gasteiger partial charge in [-0.1, -0.05) is 0 Å². The summed E-state index contributed by atoms with van der Waals surface area (Å²) in [6.45, 7) is 2.02. The molecule has 1 aromatic rings. The highest BCUT2D eigenvalue weighted by Crippen LogP contribution is 2.58. The second-order valence-corrected chi connectivity index (χ2v) is 5.75. The van der Waals surface area contributed by atoms with Crippen LogP contribution in [0, 0.1) is 11.3 Å². The van der Waals surface area contributed by atoms with E-state index in [1.54, 1.807) is 6.20 Å². The number of nitrogens with zero attached hydrogens (tertiary/aromatic N) is 2. The fourth-order valence-electron chi connectivity index (χ4n) is 3.10. The van der Waals surface area contributed by atoms with Crippen molar-refractivity contribution in [2.45, 2.75) is 25.8 Å². The Balaban J connectivity index is 1.57. The molecule has 1 spiro atoms. The van der Waals surface area contributed by atoms with Crippen molar-refractivity contribution in [1.82, 2.24) is 15.1 Å². The van der Waals surface area contributed by atoms with Crippen LogP contribution in [0.4, 0.5) is 5.69 Å². The van der Waals surface area contributed by atoms with E-state index in [2.05, 4.69) is 15.7 Å². The molecule has 2 heterocycles. The van der Waals surface area contributed by atoms with Crippen LogP contribution in [-0.4, -0.2) is 34.7 Å². The number of primary amides is 1. The van der Waals surface area contributed by atoms with Crippen LogP contribution >= 0.6 is 0 Å². The first-order valence-corrected chi connectivity index (χ1v) is 6.91. The van der Waals surface area contributed by atoms with Crippen LogP contribution < -0.4 is 16.4 Å². The van der Waals surface area contributed by atoms with Gasteiger partial charge in [0.2, 0.25) is 11.8 Å². The lowest BCUT2D eigenvalue weighted by atomic mass is 9.92. The minimum absolute atomic E-state index is 0.0227. The second-order valence-electron chi connectivity index (χ2n) is 5.75. The minimum Gasteiger partial charge on any atom is -0.368 e. The number of carbonyl (C=O) groups is 2. The van der Waals surface area contributed by atoms with Crippen LogP contribution in [0.1, 0.15) is 19.3 Å². The lowest BCUT2D eigenvalue weighted by molar-refractivity contribution is -0.119. The maximum Gasteiger partial charge on any atom is 0.239 e. The molecule has 108 valence electrons. The average Bonchev–Trinajstić information content (AvgIpc) is 2.91. The highest BCUT2D eigenvalue weighted by atomic mass is 16.2. The molecule has 1 saturated heterocycles. The number of piperidine rings is 1. The zero-order valence-corrected chi connectivity index (χ0v) is 11.3. The molecule has 4 N–H and O–H groups in total. The molecule has 2 fully saturated rings. The molecule has 7 heteroatoms. The molecule has 1 aromatic heterocycles. The van der Waals surface area contributed by atoms with Crippen molar-refractivity contribution in [3.05, 3.63) is 12.4 Å². The fourth-order valence-corrected chi connectivity index (χ4v) is 3.10. The highest BCUT2D eigenvalue weighted by molar-refractivity contribution is 5.94. The summed E-state index contributed by atoms with van der Waals surface area (Å²) in [6, 6.07) is 0. The van der Waals surface area contributed by atoms with Crippen LogP contribution in [-0.2, 0) is 16.1 Å². The highest BCUT2D eigenvalue weighted by Gasteiger charge is 2.57. The predicted octanol–water partition coefficient (Wildman–Crippen LogP) is -0.303. The SMILES string of the molecule is NC(=O)Cn1cc(NC(=O)C2CC23CCNCC3)cn1. The number of nitrogens with two attached hydrogens (primary N) is 1. The van der Waals surface area contributed by atoms with Crippen LogP contribution in [0.3, 0.4) is 0 Å². The smallest absolute Gasteiger partial charge is 0.239 e. The molecule has 1 saturated carbocycles. The summed E-state index contributed by atoms with van der Waals surface area (Å²) in [4.78, 5) is 23.0. The Morgan fingerprint density at radius 3 is 2.95 bits per heavy atom. The van der Waals surface area contributed by atoms with Crippen molar-refractivity contribution < 1.29 is 9.59 Å². The van der Waals surface area contributed by atoms with Crippen LogP contribution in [0.5, 0.6) is 0 Å². The van der Waals surface area contributed by atoms with Gasteiger partial charge >= 0.3 is 0 Å². The minimum atomic E-state index is -0.457. The Hall–Kier alpha value is -1.89. The van der Waals surface area contributed by atoms with E-state index >= 15 is 0 Å². The molecule has 20 heavy (non-hydrogen) atoms. The predicted molar refractivity (Wildman–Crippen MR) is 72.7 cm³/mol. The standard InChI is InChI=1S/C13H19N5O2/c14-11(19)8-18-7-9(6-16-18)17-12(20)10-5-13(10)1-3-15-4-2-13/h6-7,10,15H,1-5,8H2,(H2,14,19)(H,17,20). The number of rotatable bonds is 4. The number of amides is 2. The van der Waals surface area contributed by atoms with Crippen molar-refractivity contribution in [3.63, 3.8) is 0 Å². The molecule has 1 unspecified atom stereocenters. The van der Waals surface area contributed by atoms with E-state index in [0.29, 0.717) is 5.69 Å². The Kier molecular flexibility index (Phi) is 3.21. The van der Waals surface area contributed by atoms with Gasteiger partial charge in [0, 0.05) is 12.1 Å². The maximum atomic E-state index is 12.2. The summed E-state index contributed by atoms with van der Waals surface area (Å²) in [7, 11) is 0. The largest absolute Gasteiger partial charge is 0.368 e. The molecular formula is C13H19N5O2. The van der Waals surface area contributed by atoms with Crippen molar-refractivity contribution in [1.29, 1.82) is 0 Å². The van der Waals surface area contributed by atoms with Gasteiger partial charge in [0.15, 0.2) is 0 Å². The number of hydrogen-bond donors (Lipinski definition) is 3. The van der Waals surface area contributed by atoms with E-state index in [1.165, 1.54) is 10.9 Å². The molecule has 1 aliphatic heterocycles. The zero-order chi connectivity index (χ0) is 14.2. The van der Waals surface area contributed by atoms with Gasteiger partial charge in [-0.25, -0.2) is 0 Å². The van der Waals surface area contributed by atoms with E-state index in [4.69, 9.17) is 5.73 Å². The Labute approximate surface area is 116 Å². The second kappa shape index (κ2) is 4.90. The molecular weight excluding hydrogens is 258 g/mol. The third-order valence-corrected chi connectivity index (χ3v) is 4.32. The average molecular weight is 277 g/mol.